The monoisotopic (exact) mass is 279 g/mol. The second kappa shape index (κ2) is 5.16. The first-order valence-corrected chi connectivity index (χ1v) is 5.71. The number of rotatable bonds is 4. The van der Waals surface area contributed by atoms with Crippen molar-refractivity contribution in [3.63, 3.8) is 0 Å². The highest BCUT2D eigenvalue weighted by molar-refractivity contribution is 5.70. The third kappa shape index (κ3) is 2.27. The van der Waals surface area contributed by atoms with E-state index in [-0.39, 0.29) is 23.1 Å². The molecule has 8 nitrogen and oxygen atoms in total. The second-order valence-corrected chi connectivity index (χ2v) is 4.03. The molecule has 1 N–H and O–H groups in total. The van der Waals surface area contributed by atoms with Gasteiger partial charge in [-0.25, -0.2) is 9.38 Å². The lowest BCUT2D eigenvalue weighted by molar-refractivity contribution is -0.136. The van der Waals surface area contributed by atoms with Gasteiger partial charge in [-0.2, -0.15) is 4.98 Å². The zero-order chi connectivity index (χ0) is 14.9. The summed E-state index contributed by atoms with van der Waals surface area (Å²) >= 11 is 0. The van der Waals surface area contributed by atoms with Crippen LogP contribution in [0.15, 0.2) is 10.9 Å². The normalized spacial score (nSPS) is 10.6. The molecule has 8 heteroatoms. The van der Waals surface area contributed by atoms with Crippen molar-refractivity contribution in [3.8, 4) is 11.8 Å². The highest BCUT2D eigenvalue weighted by Crippen LogP contribution is 2.18. The molecule has 0 saturated carbocycles. The van der Waals surface area contributed by atoms with Gasteiger partial charge in [-0.3, -0.25) is 9.59 Å². The summed E-state index contributed by atoms with van der Waals surface area (Å²) < 4.78 is 11.2. The molecule has 0 aromatic carbocycles. The maximum atomic E-state index is 12.4. The van der Waals surface area contributed by atoms with Crippen molar-refractivity contribution in [1.82, 2.24) is 14.4 Å². The fourth-order valence-corrected chi connectivity index (χ4v) is 1.83. The number of aliphatic carboxylic acids is 1. The molecule has 2 aromatic rings. The number of carboxylic acid groups (broad SMARTS) is 1. The van der Waals surface area contributed by atoms with Crippen LogP contribution >= 0.6 is 0 Å². The van der Waals surface area contributed by atoms with Crippen molar-refractivity contribution < 1.29 is 19.4 Å². The maximum absolute atomic E-state index is 12.4. The van der Waals surface area contributed by atoms with Crippen LogP contribution in [-0.2, 0) is 11.2 Å². The van der Waals surface area contributed by atoms with Crippen LogP contribution in [0.1, 0.15) is 11.3 Å². The Balaban J connectivity index is 2.83. The molecule has 0 fully saturated rings. The van der Waals surface area contributed by atoms with Crippen molar-refractivity contribution >= 4 is 11.7 Å². The minimum absolute atomic E-state index is 0.0952. The Morgan fingerprint density at radius 2 is 2.05 bits per heavy atom. The lowest BCUT2D eigenvalue weighted by Crippen LogP contribution is -2.25. The van der Waals surface area contributed by atoms with Gasteiger partial charge in [0, 0.05) is 0 Å². The Morgan fingerprint density at radius 3 is 2.60 bits per heavy atom. The molecule has 0 bridgehead atoms. The SMILES string of the molecule is COc1cc(OC)n2c(=O)c(CC(=O)O)c(C)nc2n1. The molecule has 0 saturated heterocycles. The minimum atomic E-state index is -1.10. The van der Waals surface area contributed by atoms with E-state index in [1.165, 1.54) is 20.3 Å². The first-order chi connectivity index (χ1) is 9.47. The lowest BCUT2D eigenvalue weighted by Gasteiger charge is -2.11. The molecular formula is C12H13N3O5. The molecule has 0 spiro atoms. The fourth-order valence-electron chi connectivity index (χ4n) is 1.83. The molecule has 2 rings (SSSR count). The number of methoxy groups -OCH3 is 2. The van der Waals surface area contributed by atoms with Crippen molar-refractivity contribution in [2.24, 2.45) is 0 Å². The summed E-state index contributed by atoms with van der Waals surface area (Å²) in [5.41, 5.74) is -0.0950. The number of carboxylic acids is 1. The van der Waals surface area contributed by atoms with Gasteiger partial charge in [0.05, 0.1) is 38.0 Å². The number of hydrogen-bond acceptors (Lipinski definition) is 6. The maximum Gasteiger partial charge on any atom is 0.308 e. The van der Waals surface area contributed by atoms with Crippen molar-refractivity contribution in [2.75, 3.05) is 14.2 Å². The topological polar surface area (TPSA) is 103 Å². The summed E-state index contributed by atoms with van der Waals surface area (Å²) in [5.74, 6) is -0.583. The second-order valence-electron chi connectivity index (χ2n) is 4.03. The van der Waals surface area contributed by atoms with Crippen molar-refractivity contribution in [1.29, 1.82) is 0 Å². The van der Waals surface area contributed by atoms with Crippen molar-refractivity contribution in [3.05, 3.63) is 27.7 Å². The average molecular weight is 279 g/mol. The molecule has 106 valence electrons. The number of hydrogen-bond donors (Lipinski definition) is 1. The van der Waals surface area contributed by atoms with E-state index in [9.17, 15) is 9.59 Å². The zero-order valence-corrected chi connectivity index (χ0v) is 11.2. The van der Waals surface area contributed by atoms with E-state index < -0.39 is 17.9 Å². The number of ether oxygens (including phenoxy) is 2. The highest BCUT2D eigenvalue weighted by Gasteiger charge is 2.17. The number of carbonyl (C=O) groups is 1. The van der Waals surface area contributed by atoms with Gasteiger partial charge >= 0.3 is 5.97 Å². The van der Waals surface area contributed by atoms with Gasteiger partial charge in [-0.05, 0) is 6.92 Å². The summed E-state index contributed by atoms with van der Waals surface area (Å²) in [5, 5.41) is 8.85. The van der Waals surface area contributed by atoms with Gasteiger partial charge in [0.1, 0.15) is 0 Å². The van der Waals surface area contributed by atoms with E-state index in [0.29, 0.717) is 5.69 Å². The molecule has 2 heterocycles. The van der Waals surface area contributed by atoms with E-state index in [2.05, 4.69) is 9.97 Å². The van der Waals surface area contributed by atoms with E-state index in [4.69, 9.17) is 14.6 Å². The molecular weight excluding hydrogens is 266 g/mol. The van der Waals surface area contributed by atoms with Crippen LogP contribution < -0.4 is 15.0 Å². The van der Waals surface area contributed by atoms with Crippen LogP contribution in [0.25, 0.3) is 5.78 Å². The van der Waals surface area contributed by atoms with Gasteiger partial charge in [0.2, 0.25) is 17.5 Å². The lowest BCUT2D eigenvalue weighted by atomic mass is 10.2. The Bertz CT molecular complexity index is 738. The van der Waals surface area contributed by atoms with Crippen LogP contribution in [-0.4, -0.2) is 39.7 Å². The van der Waals surface area contributed by atoms with Gasteiger partial charge in [0.15, 0.2) is 0 Å². The Kier molecular flexibility index (Phi) is 3.55. The molecule has 0 aliphatic heterocycles. The quantitative estimate of drug-likeness (QED) is 0.842. The van der Waals surface area contributed by atoms with E-state index in [1.54, 1.807) is 6.92 Å². The van der Waals surface area contributed by atoms with Crippen LogP contribution in [0.4, 0.5) is 0 Å². The van der Waals surface area contributed by atoms with Crippen molar-refractivity contribution in [2.45, 2.75) is 13.3 Å². The molecule has 20 heavy (non-hydrogen) atoms. The zero-order valence-electron chi connectivity index (χ0n) is 11.2. The molecule has 0 aliphatic carbocycles. The Morgan fingerprint density at radius 1 is 1.35 bits per heavy atom. The third-order valence-corrected chi connectivity index (χ3v) is 2.79. The molecule has 2 aromatic heterocycles. The summed E-state index contributed by atoms with van der Waals surface area (Å²) in [4.78, 5) is 31.4. The predicted molar refractivity (Wildman–Crippen MR) is 68.4 cm³/mol. The van der Waals surface area contributed by atoms with Gasteiger partial charge in [0.25, 0.3) is 5.56 Å². The fraction of sp³-hybridized carbons (Fsp3) is 0.333. The van der Waals surface area contributed by atoms with Gasteiger partial charge in [-0.1, -0.05) is 0 Å². The van der Waals surface area contributed by atoms with Crippen LogP contribution in [0, 0.1) is 6.92 Å². The van der Waals surface area contributed by atoms with Crippen LogP contribution in [0.2, 0.25) is 0 Å². The third-order valence-electron chi connectivity index (χ3n) is 2.79. The number of nitrogens with zero attached hydrogens (tertiary/aromatic N) is 3. The summed E-state index contributed by atoms with van der Waals surface area (Å²) in [6, 6.07) is 1.43. The largest absolute Gasteiger partial charge is 0.482 e. The van der Waals surface area contributed by atoms with Crippen LogP contribution in [0.5, 0.6) is 11.8 Å². The van der Waals surface area contributed by atoms with Crippen LogP contribution in [0.3, 0.4) is 0 Å². The number of aryl methyl sites for hydroxylation is 1. The summed E-state index contributed by atoms with van der Waals surface area (Å²) in [6.45, 7) is 1.56. The molecule has 0 aliphatic rings. The molecule has 0 radical (unpaired) electrons. The molecule has 0 amide bonds. The van der Waals surface area contributed by atoms with E-state index >= 15 is 0 Å². The first kappa shape index (κ1) is 13.8. The minimum Gasteiger partial charge on any atom is -0.482 e. The van der Waals surface area contributed by atoms with Gasteiger partial charge in [-0.15, -0.1) is 0 Å². The molecule has 0 unspecified atom stereocenters. The predicted octanol–water partition coefficient (Wildman–Crippen LogP) is 0.0422. The van der Waals surface area contributed by atoms with Gasteiger partial charge < -0.3 is 14.6 Å². The summed E-state index contributed by atoms with van der Waals surface area (Å²) in [6.07, 6.45) is -0.407. The Labute approximate surface area is 113 Å². The standard InChI is InChI=1S/C12H13N3O5/c1-6-7(4-10(16)17)11(18)15-9(20-3)5-8(19-2)14-12(15)13-6/h5H,4H2,1-3H3,(H,16,17). The summed E-state index contributed by atoms with van der Waals surface area (Å²) in [7, 11) is 2.82. The van der Waals surface area contributed by atoms with E-state index in [1.807, 2.05) is 0 Å². The van der Waals surface area contributed by atoms with E-state index in [0.717, 1.165) is 4.40 Å². The average Bonchev–Trinajstić information content (AvgIpc) is 2.41. The highest BCUT2D eigenvalue weighted by atomic mass is 16.5. The number of fused-ring (bicyclic) bond motifs is 1. The molecule has 0 atom stereocenters. The smallest absolute Gasteiger partial charge is 0.308 e. The Hall–Kier alpha value is -2.64. The first-order valence-electron chi connectivity index (χ1n) is 5.71. The number of aromatic nitrogens is 3.